The van der Waals surface area contributed by atoms with Gasteiger partial charge in [-0.3, -0.25) is 14.7 Å². The highest BCUT2D eigenvalue weighted by atomic mass is 16.5. The average molecular weight is 452 g/mol. The molecular weight excluding hydrogens is 432 g/mol. The quantitative estimate of drug-likeness (QED) is 0.426. The van der Waals surface area contributed by atoms with E-state index in [1.165, 1.54) is 7.11 Å². The fourth-order valence-electron chi connectivity index (χ4n) is 4.33. The Morgan fingerprint density at radius 1 is 1.12 bits per heavy atom. The van der Waals surface area contributed by atoms with Gasteiger partial charge in [-0.15, -0.1) is 10.2 Å². The summed E-state index contributed by atoms with van der Waals surface area (Å²) in [5, 5.41) is 8.30. The molecular formula is C25H20N6O3. The number of aromatic nitrogens is 5. The zero-order valence-electron chi connectivity index (χ0n) is 18.4. The lowest BCUT2D eigenvalue weighted by molar-refractivity contribution is 0.0601. The molecule has 1 fully saturated rings. The molecule has 2 aliphatic rings. The molecule has 0 unspecified atom stereocenters. The van der Waals surface area contributed by atoms with E-state index in [4.69, 9.17) is 9.72 Å². The topological polar surface area (TPSA) is 103 Å². The van der Waals surface area contributed by atoms with Crippen LogP contribution in [-0.4, -0.2) is 43.7 Å². The number of carbonyl (C=O) groups is 2. The van der Waals surface area contributed by atoms with Crippen molar-refractivity contribution in [3.8, 4) is 22.6 Å². The minimum absolute atomic E-state index is 0.176. The van der Waals surface area contributed by atoms with Crippen LogP contribution < -0.4 is 4.90 Å². The Hall–Kier alpha value is -4.40. The molecule has 0 N–H and O–H groups in total. The molecule has 9 nitrogen and oxygen atoms in total. The van der Waals surface area contributed by atoms with Gasteiger partial charge < -0.3 is 9.30 Å². The predicted molar refractivity (Wildman–Crippen MR) is 123 cm³/mol. The summed E-state index contributed by atoms with van der Waals surface area (Å²) in [5.41, 5.74) is 3.66. The first-order valence-corrected chi connectivity index (χ1v) is 11.0. The highest BCUT2D eigenvalue weighted by molar-refractivity contribution is 6.11. The molecule has 6 rings (SSSR count). The first kappa shape index (κ1) is 20.2. The second kappa shape index (κ2) is 7.87. The van der Waals surface area contributed by atoms with Gasteiger partial charge in [0.25, 0.3) is 5.91 Å². The highest BCUT2D eigenvalue weighted by Crippen LogP contribution is 2.38. The van der Waals surface area contributed by atoms with Gasteiger partial charge in [0.15, 0.2) is 5.82 Å². The van der Waals surface area contributed by atoms with Gasteiger partial charge in [0.05, 0.1) is 19.2 Å². The molecule has 1 aliphatic carbocycles. The van der Waals surface area contributed by atoms with Gasteiger partial charge in [0.1, 0.15) is 17.8 Å². The highest BCUT2D eigenvalue weighted by Gasteiger charge is 2.33. The first-order chi connectivity index (χ1) is 16.6. The molecule has 1 saturated carbocycles. The van der Waals surface area contributed by atoms with Crippen LogP contribution in [-0.2, 0) is 11.3 Å². The lowest BCUT2D eigenvalue weighted by atomic mass is 9.95. The van der Waals surface area contributed by atoms with E-state index in [9.17, 15) is 9.59 Å². The van der Waals surface area contributed by atoms with Crippen LogP contribution in [0, 0.1) is 0 Å². The molecule has 168 valence electrons. The van der Waals surface area contributed by atoms with Crippen molar-refractivity contribution in [1.82, 2.24) is 24.7 Å². The van der Waals surface area contributed by atoms with Crippen LogP contribution in [0.2, 0.25) is 0 Å². The Morgan fingerprint density at radius 2 is 2.00 bits per heavy atom. The van der Waals surface area contributed by atoms with Crippen LogP contribution in [0.15, 0.2) is 61.2 Å². The van der Waals surface area contributed by atoms with E-state index in [1.54, 1.807) is 47.9 Å². The number of nitrogens with zero attached hydrogens (tertiary/aromatic N) is 6. The summed E-state index contributed by atoms with van der Waals surface area (Å²) < 4.78 is 7.04. The van der Waals surface area contributed by atoms with Gasteiger partial charge in [-0.1, -0.05) is 12.1 Å². The first-order valence-electron chi connectivity index (χ1n) is 11.0. The van der Waals surface area contributed by atoms with Crippen LogP contribution in [0.25, 0.3) is 22.6 Å². The number of anilines is 1. The molecule has 0 atom stereocenters. The summed E-state index contributed by atoms with van der Waals surface area (Å²) in [7, 11) is 1.34. The number of amides is 1. The summed E-state index contributed by atoms with van der Waals surface area (Å²) in [6, 6.07) is 13.1. The fourth-order valence-corrected chi connectivity index (χ4v) is 4.33. The lowest BCUT2D eigenvalue weighted by Gasteiger charge is -2.15. The molecule has 4 aromatic rings. The molecule has 9 heteroatoms. The van der Waals surface area contributed by atoms with Gasteiger partial charge in [0, 0.05) is 29.6 Å². The summed E-state index contributed by atoms with van der Waals surface area (Å²) in [6.07, 6.45) is 7.25. The predicted octanol–water partition coefficient (Wildman–Crippen LogP) is 3.68. The second-order valence-electron chi connectivity index (χ2n) is 8.35. The maximum Gasteiger partial charge on any atom is 0.338 e. The summed E-state index contributed by atoms with van der Waals surface area (Å²) >= 11 is 0. The van der Waals surface area contributed by atoms with Crippen molar-refractivity contribution in [2.75, 3.05) is 12.0 Å². The van der Waals surface area contributed by atoms with Crippen LogP contribution in [0.4, 0.5) is 5.82 Å². The van der Waals surface area contributed by atoms with Crippen molar-refractivity contribution in [3.05, 3.63) is 77.9 Å². The van der Waals surface area contributed by atoms with E-state index in [2.05, 4.69) is 15.2 Å². The number of fused-ring (bicyclic) bond motifs is 1. The van der Waals surface area contributed by atoms with Gasteiger partial charge >= 0.3 is 5.97 Å². The third-order valence-corrected chi connectivity index (χ3v) is 6.18. The van der Waals surface area contributed by atoms with Gasteiger partial charge in [0.2, 0.25) is 0 Å². The smallest absolute Gasteiger partial charge is 0.338 e. The van der Waals surface area contributed by atoms with E-state index in [1.807, 2.05) is 22.8 Å². The van der Waals surface area contributed by atoms with Crippen molar-refractivity contribution in [2.45, 2.75) is 25.4 Å². The number of carbonyl (C=O) groups excluding carboxylic acids is 2. The number of ether oxygens (including phenoxy) is 1. The average Bonchev–Trinajstić information content (AvgIpc) is 3.52. The van der Waals surface area contributed by atoms with Crippen molar-refractivity contribution in [2.24, 2.45) is 0 Å². The Bertz CT molecular complexity index is 1430. The maximum atomic E-state index is 13.4. The summed E-state index contributed by atoms with van der Waals surface area (Å²) in [6.45, 7) is 0.303. The molecule has 34 heavy (non-hydrogen) atoms. The lowest BCUT2D eigenvalue weighted by Crippen LogP contribution is -2.24. The van der Waals surface area contributed by atoms with Gasteiger partial charge in [-0.25, -0.2) is 9.78 Å². The van der Waals surface area contributed by atoms with E-state index < -0.39 is 5.97 Å². The number of esters is 1. The van der Waals surface area contributed by atoms with Crippen LogP contribution in [0.5, 0.6) is 0 Å². The minimum Gasteiger partial charge on any atom is -0.465 e. The SMILES string of the molecule is COC(=O)c1cc2c(cc1-c1cccnc1)C(=O)N(c1cccc(-c3nncn3C3CC3)n1)C2. The molecule has 4 heterocycles. The third kappa shape index (κ3) is 3.33. The fraction of sp³-hybridized carbons (Fsp3) is 0.200. The molecule has 0 radical (unpaired) electrons. The zero-order valence-corrected chi connectivity index (χ0v) is 18.4. The van der Waals surface area contributed by atoms with E-state index in [0.29, 0.717) is 46.6 Å². The third-order valence-electron chi connectivity index (χ3n) is 6.18. The summed E-state index contributed by atoms with van der Waals surface area (Å²) in [5.74, 6) is 0.573. The molecule has 0 spiro atoms. The van der Waals surface area contributed by atoms with E-state index in [-0.39, 0.29) is 5.91 Å². The Morgan fingerprint density at radius 3 is 2.76 bits per heavy atom. The number of methoxy groups -OCH3 is 1. The second-order valence-corrected chi connectivity index (χ2v) is 8.35. The number of hydrogen-bond donors (Lipinski definition) is 0. The normalized spacial score (nSPS) is 14.9. The van der Waals surface area contributed by atoms with Crippen molar-refractivity contribution < 1.29 is 14.3 Å². The Balaban J connectivity index is 1.39. The Labute approximate surface area is 195 Å². The van der Waals surface area contributed by atoms with Crippen molar-refractivity contribution in [1.29, 1.82) is 0 Å². The summed E-state index contributed by atoms with van der Waals surface area (Å²) in [4.78, 5) is 36.5. The molecule has 1 amide bonds. The molecule has 0 bridgehead atoms. The number of hydrogen-bond acceptors (Lipinski definition) is 7. The molecule has 1 aliphatic heterocycles. The van der Waals surface area contributed by atoms with Crippen molar-refractivity contribution >= 4 is 17.7 Å². The molecule has 1 aromatic carbocycles. The minimum atomic E-state index is -0.466. The van der Waals surface area contributed by atoms with Gasteiger partial charge in [-0.2, -0.15) is 0 Å². The van der Waals surface area contributed by atoms with Crippen LogP contribution >= 0.6 is 0 Å². The van der Waals surface area contributed by atoms with Gasteiger partial charge in [-0.05, 0) is 54.3 Å². The van der Waals surface area contributed by atoms with E-state index >= 15 is 0 Å². The van der Waals surface area contributed by atoms with E-state index in [0.717, 1.165) is 24.0 Å². The van der Waals surface area contributed by atoms with Crippen molar-refractivity contribution in [3.63, 3.8) is 0 Å². The zero-order chi connectivity index (χ0) is 23.2. The molecule has 0 saturated heterocycles. The standard InChI is InChI=1S/C25H20N6O3/c1-34-25(33)20-10-16-13-30(24(32)19(16)11-18(20)15-4-3-9-26-12-15)22-6-2-5-21(28-22)23-29-27-14-31(23)17-7-8-17/h2-6,9-12,14,17H,7-8,13H2,1H3. The van der Waals surface area contributed by atoms with Crippen LogP contribution in [0.3, 0.4) is 0 Å². The monoisotopic (exact) mass is 452 g/mol. The maximum absolute atomic E-state index is 13.4. The van der Waals surface area contributed by atoms with Crippen LogP contribution in [0.1, 0.15) is 45.2 Å². The number of pyridine rings is 2. The molecule has 3 aromatic heterocycles. The Kier molecular flexibility index (Phi) is 4.68. The largest absolute Gasteiger partial charge is 0.465 e. The number of benzene rings is 1. The number of rotatable bonds is 5.